The van der Waals surface area contributed by atoms with Crippen molar-refractivity contribution in [1.82, 2.24) is 0 Å². The standard InChI is InChI=1S/C19H22BrNO3/c1-4-23-18-8-6-5-7-16(18)21-19(22)14-9-10-17(15(20)11-14)24-12-13(2)3/h5-11,13H,4,12H2,1-3H3,(H,21,22). The normalized spacial score (nSPS) is 10.5. The molecule has 1 amide bonds. The van der Waals surface area contributed by atoms with Crippen LogP contribution in [0.15, 0.2) is 46.9 Å². The Hall–Kier alpha value is -2.01. The average Bonchev–Trinajstić information content (AvgIpc) is 2.55. The third-order valence-corrected chi connectivity index (χ3v) is 3.82. The monoisotopic (exact) mass is 391 g/mol. The third-order valence-electron chi connectivity index (χ3n) is 3.20. The predicted molar refractivity (Wildman–Crippen MR) is 100 cm³/mol. The molecule has 0 aliphatic heterocycles. The molecule has 0 unspecified atom stereocenters. The van der Waals surface area contributed by atoms with Gasteiger partial charge in [-0.2, -0.15) is 0 Å². The lowest BCUT2D eigenvalue weighted by atomic mass is 10.2. The highest BCUT2D eigenvalue weighted by molar-refractivity contribution is 9.10. The number of halogens is 1. The third kappa shape index (κ3) is 4.99. The van der Waals surface area contributed by atoms with Gasteiger partial charge in [0.05, 0.1) is 23.4 Å². The molecule has 1 N–H and O–H groups in total. The summed E-state index contributed by atoms with van der Waals surface area (Å²) in [5.74, 6) is 1.63. The lowest BCUT2D eigenvalue weighted by Gasteiger charge is -2.13. The Morgan fingerprint density at radius 3 is 2.54 bits per heavy atom. The molecular formula is C19H22BrNO3. The Balaban J connectivity index is 2.11. The fraction of sp³-hybridized carbons (Fsp3) is 0.316. The molecule has 0 saturated heterocycles. The summed E-state index contributed by atoms with van der Waals surface area (Å²) in [7, 11) is 0. The number of para-hydroxylation sites is 2. The summed E-state index contributed by atoms with van der Waals surface area (Å²) >= 11 is 3.46. The van der Waals surface area contributed by atoms with Crippen LogP contribution in [0.4, 0.5) is 5.69 Å². The SMILES string of the molecule is CCOc1ccccc1NC(=O)c1ccc(OCC(C)C)c(Br)c1. The lowest BCUT2D eigenvalue weighted by Crippen LogP contribution is -2.13. The topological polar surface area (TPSA) is 47.6 Å². The number of benzene rings is 2. The van der Waals surface area contributed by atoms with E-state index < -0.39 is 0 Å². The molecule has 0 bridgehead atoms. The van der Waals surface area contributed by atoms with Crippen LogP contribution in [-0.2, 0) is 0 Å². The molecule has 0 aliphatic rings. The Morgan fingerprint density at radius 2 is 1.88 bits per heavy atom. The zero-order valence-electron chi connectivity index (χ0n) is 14.1. The number of carbonyl (C=O) groups excluding carboxylic acids is 1. The fourth-order valence-electron chi connectivity index (χ4n) is 2.06. The van der Waals surface area contributed by atoms with Gasteiger partial charge in [0.15, 0.2) is 0 Å². The van der Waals surface area contributed by atoms with Gasteiger partial charge in [0.25, 0.3) is 5.91 Å². The van der Waals surface area contributed by atoms with Crippen molar-refractivity contribution in [3.05, 3.63) is 52.5 Å². The van der Waals surface area contributed by atoms with Crippen molar-refractivity contribution >= 4 is 27.5 Å². The van der Waals surface area contributed by atoms with E-state index in [9.17, 15) is 4.79 Å². The minimum atomic E-state index is -0.196. The van der Waals surface area contributed by atoms with E-state index in [1.807, 2.05) is 31.2 Å². The molecule has 0 aromatic heterocycles. The van der Waals surface area contributed by atoms with Crippen LogP contribution in [0.2, 0.25) is 0 Å². The molecule has 0 heterocycles. The summed E-state index contributed by atoms with van der Waals surface area (Å²) < 4.78 is 12.0. The summed E-state index contributed by atoms with van der Waals surface area (Å²) in [5, 5.41) is 2.88. The summed E-state index contributed by atoms with van der Waals surface area (Å²) in [6.45, 7) is 7.26. The van der Waals surface area contributed by atoms with Gasteiger partial charge in [-0.3, -0.25) is 4.79 Å². The van der Waals surface area contributed by atoms with Crippen LogP contribution < -0.4 is 14.8 Å². The van der Waals surface area contributed by atoms with Crippen LogP contribution in [0.3, 0.4) is 0 Å². The summed E-state index contributed by atoms with van der Waals surface area (Å²) in [6.07, 6.45) is 0. The van der Waals surface area contributed by atoms with Crippen molar-refractivity contribution in [2.45, 2.75) is 20.8 Å². The van der Waals surface area contributed by atoms with Gasteiger partial charge >= 0.3 is 0 Å². The van der Waals surface area contributed by atoms with Crippen LogP contribution >= 0.6 is 15.9 Å². The van der Waals surface area contributed by atoms with Gasteiger partial charge < -0.3 is 14.8 Å². The van der Waals surface area contributed by atoms with Crippen molar-refractivity contribution in [2.75, 3.05) is 18.5 Å². The highest BCUT2D eigenvalue weighted by atomic mass is 79.9. The van der Waals surface area contributed by atoms with Gasteiger partial charge in [0, 0.05) is 5.56 Å². The minimum absolute atomic E-state index is 0.196. The van der Waals surface area contributed by atoms with Gasteiger partial charge in [-0.15, -0.1) is 0 Å². The first-order chi connectivity index (χ1) is 11.5. The molecule has 2 rings (SSSR count). The molecule has 0 radical (unpaired) electrons. The molecule has 0 atom stereocenters. The van der Waals surface area contributed by atoms with Crippen molar-refractivity contribution in [2.24, 2.45) is 5.92 Å². The molecule has 4 nitrogen and oxygen atoms in total. The van der Waals surface area contributed by atoms with E-state index in [4.69, 9.17) is 9.47 Å². The molecule has 0 spiro atoms. The van der Waals surface area contributed by atoms with E-state index in [1.54, 1.807) is 18.2 Å². The van der Waals surface area contributed by atoms with E-state index in [2.05, 4.69) is 35.1 Å². The van der Waals surface area contributed by atoms with Crippen LogP contribution in [0.1, 0.15) is 31.1 Å². The van der Waals surface area contributed by atoms with E-state index in [0.717, 1.165) is 10.2 Å². The highest BCUT2D eigenvalue weighted by Gasteiger charge is 2.12. The average molecular weight is 392 g/mol. The van der Waals surface area contributed by atoms with Crippen LogP contribution in [0, 0.1) is 5.92 Å². The second kappa shape index (κ2) is 8.73. The van der Waals surface area contributed by atoms with Crippen LogP contribution in [0.25, 0.3) is 0 Å². The predicted octanol–water partition coefficient (Wildman–Crippen LogP) is 5.13. The van der Waals surface area contributed by atoms with E-state index >= 15 is 0 Å². The number of hydrogen-bond donors (Lipinski definition) is 1. The van der Waals surface area contributed by atoms with Gasteiger partial charge in [-0.25, -0.2) is 0 Å². The first-order valence-corrected chi connectivity index (χ1v) is 8.76. The zero-order chi connectivity index (χ0) is 17.5. The number of carbonyl (C=O) groups is 1. The van der Waals surface area contributed by atoms with Gasteiger partial charge in [-0.1, -0.05) is 26.0 Å². The Morgan fingerprint density at radius 1 is 1.12 bits per heavy atom. The molecule has 128 valence electrons. The summed E-state index contributed by atoms with van der Waals surface area (Å²) in [6, 6.07) is 12.7. The second-order valence-corrected chi connectivity index (χ2v) is 6.59. The number of hydrogen-bond acceptors (Lipinski definition) is 3. The van der Waals surface area contributed by atoms with Crippen molar-refractivity contribution in [3.63, 3.8) is 0 Å². The largest absolute Gasteiger partial charge is 0.492 e. The highest BCUT2D eigenvalue weighted by Crippen LogP contribution is 2.28. The number of rotatable bonds is 7. The number of ether oxygens (including phenoxy) is 2. The van der Waals surface area contributed by atoms with Gasteiger partial charge in [0.1, 0.15) is 11.5 Å². The Labute approximate surface area is 151 Å². The number of nitrogens with one attached hydrogen (secondary N) is 1. The maximum atomic E-state index is 12.5. The maximum Gasteiger partial charge on any atom is 0.255 e. The number of amides is 1. The molecule has 5 heteroatoms. The summed E-state index contributed by atoms with van der Waals surface area (Å²) in [5.41, 5.74) is 1.20. The molecule has 2 aromatic rings. The van der Waals surface area contributed by atoms with E-state index in [-0.39, 0.29) is 5.91 Å². The van der Waals surface area contributed by atoms with Crippen LogP contribution in [-0.4, -0.2) is 19.1 Å². The fourth-order valence-corrected chi connectivity index (χ4v) is 2.55. The quantitative estimate of drug-likeness (QED) is 0.710. The molecule has 24 heavy (non-hydrogen) atoms. The first-order valence-electron chi connectivity index (χ1n) is 7.96. The number of anilines is 1. The Kier molecular flexibility index (Phi) is 6.67. The van der Waals surface area contributed by atoms with Gasteiger partial charge in [0.2, 0.25) is 0 Å². The Bertz CT molecular complexity index is 701. The van der Waals surface area contributed by atoms with E-state index in [1.165, 1.54) is 0 Å². The van der Waals surface area contributed by atoms with Crippen LogP contribution in [0.5, 0.6) is 11.5 Å². The molecule has 2 aromatic carbocycles. The van der Waals surface area contributed by atoms with Crippen molar-refractivity contribution < 1.29 is 14.3 Å². The van der Waals surface area contributed by atoms with Crippen molar-refractivity contribution in [3.8, 4) is 11.5 Å². The molecule has 0 fully saturated rings. The molecule has 0 saturated carbocycles. The lowest BCUT2D eigenvalue weighted by molar-refractivity contribution is 0.102. The molecular weight excluding hydrogens is 370 g/mol. The van der Waals surface area contributed by atoms with Crippen molar-refractivity contribution in [1.29, 1.82) is 0 Å². The second-order valence-electron chi connectivity index (χ2n) is 5.73. The minimum Gasteiger partial charge on any atom is -0.492 e. The maximum absolute atomic E-state index is 12.5. The first kappa shape index (κ1) is 18.3. The van der Waals surface area contributed by atoms with Gasteiger partial charge in [-0.05, 0) is 59.1 Å². The zero-order valence-corrected chi connectivity index (χ0v) is 15.7. The molecule has 0 aliphatic carbocycles. The smallest absolute Gasteiger partial charge is 0.255 e. The summed E-state index contributed by atoms with van der Waals surface area (Å²) in [4.78, 5) is 12.5. The van der Waals surface area contributed by atoms with E-state index in [0.29, 0.717) is 36.1 Å².